The van der Waals surface area contributed by atoms with Gasteiger partial charge in [-0.15, -0.1) is 0 Å². The van der Waals surface area contributed by atoms with Crippen LogP contribution in [0.2, 0.25) is 5.02 Å². The minimum Gasteiger partial charge on any atom is -0.323 e. The molecule has 1 heterocycles. The number of anilines is 1. The Balaban J connectivity index is 1.64. The van der Waals surface area contributed by atoms with E-state index in [1.165, 1.54) is 11.1 Å². The molecule has 0 aliphatic rings. The van der Waals surface area contributed by atoms with E-state index in [9.17, 15) is 4.79 Å². The molecule has 5 heteroatoms. The highest BCUT2D eigenvalue weighted by Crippen LogP contribution is 2.21. The van der Waals surface area contributed by atoms with E-state index in [4.69, 9.17) is 11.6 Å². The summed E-state index contributed by atoms with van der Waals surface area (Å²) in [5.41, 5.74) is 6.13. The summed E-state index contributed by atoms with van der Waals surface area (Å²) in [6, 6.07) is 16.0. The maximum absolute atomic E-state index is 12.4. The van der Waals surface area contributed by atoms with Gasteiger partial charge in [-0.25, -0.2) is 0 Å². The summed E-state index contributed by atoms with van der Waals surface area (Å²) in [4.78, 5) is 12.4. The Morgan fingerprint density at radius 3 is 2.30 bits per heavy atom. The van der Waals surface area contributed by atoms with Crippen LogP contribution in [-0.2, 0) is 17.8 Å². The number of aromatic nitrogens is 2. The van der Waals surface area contributed by atoms with Crippen LogP contribution in [0.15, 0.2) is 48.5 Å². The summed E-state index contributed by atoms with van der Waals surface area (Å²) < 4.78 is 1.94. The van der Waals surface area contributed by atoms with Crippen molar-refractivity contribution in [2.75, 3.05) is 5.32 Å². The first kappa shape index (κ1) is 19.2. The van der Waals surface area contributed by atoms with E-state index in [0.717, 1.165) is 22.6 Å². The number of halogens is 1. The van der Waals surface area contributed by atoms with Crippen molar-refractivity contribution in [3.63, 3.8) is 0 Å². The molecule has 1 N–H and O–H groups in total. The predicted octanol–water partition coefficient (Wildman–Crippen LogP) is 5.08. The molecule has 0 spiro atoms. The van der Waals surface area contributed by atoms with E-state index in [1.54, 1.807) is 0 Å². The molecule has 0 saturated heterocycles. The molecule has 27 heavy (non-hydrogen) atoms. The Morgan fingerprint density at radius 1 is 1.00 bits per heavy atom. The first-order chi connectivity index (χ1) is 12.9. The van der Waals surface area contributed by atoms with Crippen LogP contribution in [0.25, 0.3) is 0 Å². The summed E-state index contributed by atoms with van der Waals surface area (Å²) in [5.74, 6) is -0.00830. The number of benzene rings is 2. The normalized spacial score (nSPS) is 10.8. The fourth-order valence-corrected chi connectivity index (χ4v) is 3.14. The smallest absolute Gasteiger partial charge is 0.224 e. The Kier molecular flexibility index (Phi) is 5.97. The lowest BCUT2D eigenvalue weighted by Crippen LogP contribution is -2.13. The van der Waals surface area contributed by atoms with Crippen molar-refractivity contribution in [1.82, 2.24) is 9.78 Å². The molecule has 0 aliphatic carbocycles. The quantitative estimate of drug-likeness (QED) is 0.647. The molecule has 0 atom stereocenters. The van der Waals surface area contributed by atoms with Gasteiger partial charge < -0.3 is 5.32 Å². The summed E-state index contributed by atoms with van der Waals surface area (Å²) in [7, 11) is 0. The van der Waals surface area contributed by atoms with Gasteiger partial charge in [0.2, 0.25) is 5.91 Å². The molecule has 3 rings (SSSR count). The molecule has 4 nitrogen and oxygen atoms in total. The maximum atomic E-state index is 12.4. The number of amides is 1. The first-order valence-electron chi connectivity index (χ1n) is 9.06. The van der Waals surface area contributed by atoms with Crippen molar-refractivity contribution < 1.29 is 4.79 Å². The van der Waals surface area contributed by atoms with Gasteiger partial charge in [-0.1, -0.05) is 53.6 Å². The summed E-state index contributed by atoms with van der Waals surface area (Å²) in [5, 5.41) is 8.33. The van der Waals surface area contributed by atoms with Crippen molar-refractivity contribution in [1.29, 1.82) is 0 Å². The summed E-state index contributed by atoms with van der Waals surface area (Å²) >= 11 is 5.90. The number of nitrogens with zero attached hydrogens (tertiary/aromatic N) is 2. The molecule has 0 fully saturated rings. The van der Waals surface area contributed by atoms with Crippen molar-refractivity contribution in [3.8, 4) is 0 Å². The molecule has 0 unspecified atom stereocenters. The Bertz CT molecular complexity index is 927. The van der Waals surface area contributed by atoms with Gasteiger partial charge >= 0.3 is 0 Å². The topological polar surface area (TPSA) is 46.9 Å². The van der Waals surface area contributed by atoms with Crippen LogP contribution in [0.1, 0.15) is 34.5 Å². The average molecular weight is 382 g/mol. The third-order valence-corrected chi connectivity index (χ3v) is 4.90. The number of aryl methyl sites for hydroxylation is 3. The molecule has 140 valence electrons. The van der Waals surface area contributed by atoms with Gasteiger partial charge in [0.05, 0.1) is 23.6 Å². The molecule has 0 aliphatic heterocycles. The van der Waals surface area contributed by atoms with E-state index in [0.29, 0.717) is 24.4 Å². The van der Waals surface area contributed by atoms with Gasteiger partial charge in [-0.3, -0.25) is 9.48 Å². The van der Waals surface area contributed by atoms with Gasteiger partial charge in [-0.05, 0) is 50.5 Å². The van der Waals surface area contributed by atoms with Crippen LogP contribution < -0.4 is 5.32 Å². The van der Waals surface area contributed by atoms with Crippen LogP contribution in [0.4, 0.5) is 5.69 Å². The van der Waals surface area contributed by atoms with Gasteiger partial charge in [0.25, 0.3) is 0 Å². The fraction of sp³-hybridized carbons (Fsp3) is 0.273. The number of rotatable bonds is 6. The van der Waals surface area contributed by atoms with Crippen LogP contribution in [0, 0.1) is 20.8 Å². The molecule has 3 aromatic rings. The van der Waals surface area contributed by atoms with E-state index < -0.39 is 0 Å². The molecular formula is C22H24ClN3O. The zero-order valence-corrected chi connectivity index (χ0v) is 16.7. The van der Waals surface area contributed by atoms with Crippen LogP contribution in [0.5, 0.6) is 0 Å². The summed E-state index contributed by atoms with van der Waals surface area (Å²) in [6.07, 6.45) is 1.10. The third kappa shape index (κ3) is 4.98. The highest BCUT2D eigenvalue weighted by Gasteiger charge is 2.14. The molecular weight excluding hydrogens is 358 g/mol. The SMILES string of the molecule is Cc1ccc(Cn2nc(C)c(NC(=O)CCc3ccc(Cl)cc3)c2C)cc1. The second kappa shape index (κ2) is 8.40. The molecule has 2 aromatic carbocycles. The Morgan fingerprint density at radius 2 is 1.63 bits per heavy atom. The average Bonchev–Trinajstić information content (AvgIpc) is 2.90. The van der Waals surface area contributed by atoms with E-state index in [1.807, 2.05) is 42.8 Å². The molecule has 0 saturated carbocycles. The molecule has 1 aromatic heterocycles. The van der Waals surface area contributed by atoms with E-state index in [2.05, 4.69) is 41.6 Å². The predicted molar refractivity (Wildman–Crippen MR) is 110 cm³/mol. The van der Waals surface area contributed by atoms with E-state index in [-0.39, 0.29) is 5.91 Å². The third-order valence-electron chi connectivity index (χ3n) is 4.65. The number of carbonyl (C=O) groups excluding carboxylic acids is 1. The summed E-state index contributed by atoms with van der Waals surface area (Å²) in [6.45, 7) is 6.68. The number of nitrogens with one attached hydrogen (secondary N) is 1. The fourth-order valence-electron chi connectivity index (χ4n) is 3.01. The van der Waals surface area contributed by atoms with Crippen molar-refractivity contribution >= 4 is 23.2 Å². The number of hydrogen-bond acceptors (Lipinski definition) is 2. The molecule has 0 bridgehead atoms. The van der Waals surface area contributed by atoms with Crippen molar-refractivity contribution in [2.45, 2.75) is 40.2 Å². The lowest BCUT2D eigenvalue weighted by atomic mass is 10.1. The molecule has 1 amide bonds. The molecule has 0 radical (unpaired) electrons. The number of hydrogen-bond donors (Lipinski definition) is 1. The maximum Gasteiger partial charge on any atom is 0.224 e. The Hall–Kier alpha value is -2.59. The van der Waals surface area contributed by atoms with Crippen LogP contribution in [-0.4, -0.2) is 15.7 Å². The zero-order chi connectivity index (χ0) is 19.4. The van der Waals surface area contributed by atoms with Gasteiger partial charge in [0.1, 0.15) is 0 Å². The van der Waals surface area contributed by atoms with Crippen molar-refractivity contribution in [2.24, 2.45) is 0 Å². The van der Waals surface area contributed by atoms with Crippen LogP contribution >= 0.6 is 11.6 Å². The highest BCUT2D eigenvalue weighted by molar-refractivity contribution is 6.30. The number of carbonyl (C=O) groups is 1. The minimum absolute atomic E-state index is 0.00830. The monoisotopic (exact) mass is 381 g/mol. The first-order valence-corrected chi connectivity index (χ1v) is 9.44. The lowest BCUT2D eigenvalue weighted by Gasteiger charge is -2.08. The lowest BCUT2D eigenvalue weighted by molar-refractivity contribution is -0.116. The standard InChI is InChI=1S/C22H24ClN3O/c1-15-4-6-19(7-5-15)14-26-17(3)22(16(2)25-26)24-21(27)13-10-18-8-11-20(23)12-9-18/h4-9,11-12H,10,13-14H2,1-3H3,(H,24,27). The largest absolute Gasteiger partial charge is 0.323 e. The second-order valence-electron chi connectivity index (χ2n) is 6.86. The van der Waals surface area contributed by atoms with Gasteiger partial charge in [-0.2, -0.15) is 5.10 Å². The van der Waals surface area contributed by atoms with E-state index >= 15 is 0 Å². The van der Waals surface area contributed by atoms with Crippen molar-refractivity contribution in [3.05, 3.63) is 81.6 Å². The van der Waals surface area contributed by atoms with Gasteiger partial charge in [0, 0.05) is 11.4 Å². The second-order valence-corrected chi connectivity index (χ2v) is 7.30. The van der Waals surface area contributed by atoms with Gasteiger partial charge in [0.15, 0.2) is 0 Å². The minimum atomic E-state index is -0.00830. The highest BCUT2D eigenvalue weighted by atomic mass is 35.5. The zero-order valence-electron chi connectivity index (χ0n) is 15.9. The Labute approximate surface area is 165 Å². The van der Waals surface area contributed by atoms with Crippen LogP contribution in [0.3, 0.4) is 0 Å².